The Labute approximate surface area is 100 Å². The van der Waals surface area contributed by atoms with Crippen LogP contribution < -0.4 is 5.73 Å². The highest BCUT2D eigenvalue weighted by atomic mass is 32.2. The van der Waals surface area contributed by atoms with E-state index < -0.39 is 0 Å². The van der Waals surface area contributed by atoms with E-state index in [1.807, 2.05) is 0 Å². The zero-order chi connectivity index (χ0) is 11.4. The Morgan fingerprint density at radius 1 is 1.50 bits per heavy atom. The summed E-state index contributed by atoms with van der Waals surface area (Å²) in [5.74, 6) is 1.88. The largest absolute Gasteiger partial charge is 0.395 e. The molecule has 1 aromatic rings. The van der Waals surface area contributed by atoms with Crippen LogP contribution in [-0.4, -0.2) is 10.7 Å². The second kappa shape index (κ2) is 5.22. The molecule has 0 atom stereocenters. The molecule has 1 aromatic heterocycles. The highest BCUT2D eigenvalue weighted by Gasteiger charge is 2.16. The lowest BCUT2D eigenvalue weighted by molar-refractivity contribution is 0.623. The summed E-state index contributed by atoms with van der Waals surface area (Å²) in [5.41, 5.74) is 6.94. The Balaban J connectivity index is 2.01. The summed E-state index contributed by atoms with van der Waals surface area (Å²) in [7, 11) is 0. The molecule has 2 N–H and O–H groups in total. The van der Waals surface area contributed by atoms with Crippen molar-refractivity contribution in [3.8, 4) is 6.07 Å². The van der Waals surface area contributed by atoms with Gasteiger partial charge in [0, 0.05) is 11.9 Å². The average molecular weight is 233 g/mol. The fourth-order valence-corrected chi connectivity index (χ4v) is 3.17. The second-order valence-electron chi connectivity index (χ2n) is 4.15. The molecule has 1 saturated carbocycles. The number of hydrogen-bond acceptors (Lipinski definition) is 4. The molecule has 0 spiro atoms. The fraction of sp³-hybridized carbons (Fsp3) is 0.500. The number of anilines is 1. The van der Waals surface area contributed by atoms with Gasteiger partial charge in [-0.2, -0.15) is 5.26 Å². The summed E-state index contributed by atoms with van der Waals surface area (Å²) in [4.78, 5) is 4.23. The minimum atomic E-state index is 0.531. The van der Waals surface area contributed by atoms with Crippen molar-refractivity contribution in [2.24, 2.45) is 5.92 Å². The molecule has 0 radical (unpaired) electrons. The zero-order valence-electron chi connectivity index (χ0n) is 9.15. The van der Waals surface area contributed by atoms with E-state index in [-0.39, 0.29) is 0 Å². The van der Waals surface area contributed by atoms with Crippen molar-refractivity contribution in [1.29, 1.82) is 5.26 Å². The molecule has 1 heterocycles. The molecule has 1 aliphatic rings. The van der Waals surface area contributed by atoms with Gasteiger partial charge in [-0.15, -0.1) is 11.8 Å². The first-order valence-corrected chi connectivity index (χ1v) is 6.57. The van der Waals surface area contributed by atoms with Crippen LogP contribution in [0.4, 0.5) is 5.69 Å². The minimum Gasteiger partial charge on any atom is -0.395 e. The normalized spacial score (nSPS) is 16.2. The molecule has 0 bridgehead atoms. The number of pyridine rings is 1. The summed E-state index contributed by atoms with van der Waals surface area (Å²) in [6.45, 7) is 0. The predicted molar refractivity (Wildman–Crippen MR) is 66.0 cm³/mol. The molecule has 0 aromatic carbocycles. The van der Waals surface area contributed by atoms with Crippen molar-refractivity contribution in [3.63, 3.8) is 0 Å². The maximum atomic E-state index is 8.86. The second-order valence-corrected chi connectivity index (χ2v) is 5.16. The van der Waals surface area contributed by atoms with Crippen molar-refractivity contribution in [2.45, 2.75) is 30.7 Å². The van der Waals surface area contributed by atoms with Gasteiger partial charge in [0.25, 0.3) is 0 Å². The van der Waals surface area contributed by atoms with Crippen molar-refractivity contribution in [1.82, 2.24) is 4.98 Å². The predicted octanol–water partition coefficient (Wildman–Crippen LogP) is 2.82. The number of hydrogen-bond donors (Lipinski definition) is 1. The molecule has 1 fully saturated rings. The van der Waals surface area contributed by atoms with Crippen LogP contribution >= 0.6 is 11.8 Å². The standard InChI is InChI=1S/C12H15N3S/c13-7-10-5-6-15-12(11(10)14)16-8-9-3-1-2-4-9/h5-6,9H,1-4,8,14H2. The number of nitrogens with zero attached hydrogens (tertiary/aromatic N) is 2. The van der Waals surface area contributed by atoms with Gasteiger partial charge in [-0.3, -0.25) is 0 Å². The summed E-state index contributed by atoms with van der Waals surface area (Å²) in [5, 5.41) is 9.67. The third-order valence-electron chi connectivity index (χ3n) is 3.00. The van der Waals surface area contributed by atoms with Crippen LogP contribution in [0.25, 0.3) is 0 Å². The van der Waals surface area contributed by atoms with Crippen LogP contribution in [0.1, 0.15) is 31.2 Å². The van der Waals surface area contributed by atoms with Gasteiger partial charge < -0.3 is 5.73 Å². The molecular formula is C12H15N3S. The Bertz CT molecular complexity index is 405. The van der Waals surface area contributed by atoms with E-state index in [2.05, 4.69) is 11.1 Å². The summed E-state index contributed by atoms with van der Waals surface area (Å²) >= 11 is 1.69. The number of thioether (sulfide) groups is 1. The van der Waals surface area contributed by atoms with E-state index in [9.17, 15) is 0 Å². The van der Waals surface area contributed by atoms with Crippen LogP contribution in [0.2, 0.25) is 0 Å². The van der Waals surface area contributed by atoms with Crippen LogP contribution in [0.5, 0.6) is 0 Å². The summed E-state index contributed by atoms with van der Waals surface area (Å²) < 4.78 is 0. The molecule has 2 rings (SSSR count). The molecule has 0 unspecified atom stereocenters. The van der Waals surface area contributed by atoms with E-state index in [4.69, 9.17) is 11.0 Å². The third-order valence-corrected chi connectivity index (χ3v) is 4.24. The molecule has 0 aliphatic heterocycles. The molecule has 4 heteroatoms. The Morgan fingerprint density at radius 3 is 2.94 bits per heavy atom. The summed E-state index contributed by atoms with van der Waals surface area (Å²) in [6.07, 6.45) is 7.01. The molecule has 16 heavy (non-hydrogen) atoms. The Hall–Kier alpha value is -1.21. The van der Waals surface area contributed by atoms with E-state index >= 15 is 0 Å². The van der Waals surface area contributed by atoms with E-state index in [1.54, 1.807) is 24.0 Å². The lowest BCUT2D eigenvalue weighted by Gasteiger charge is -2.09. The molecule has 0 amide bonds. The first-order chi connectivity index (χ1) is 7.81. The van der Waals surface area contributed by atoms with Gasteiger partial charge in [0.05, 0.1) is 11.3 Å². The maximum Gasteiger partial charge on any atom is 0.120 e. The third kappa shape index (κ3) is 2.48. The highest BCUT2D eigenvalue weighted by molar-refractivity contribution is 7.99. The van der Waals surface area contributed by atoms with E-state index in [0.717, 1.165) is 16.7 Å². The number of rotatable bonds is 3. The quantitative estimate of drug-likeness (QED) is 0.815. The molecule has 84 valence electrons. The fourth-order valence-electron chi connectivity index (χ4n) is 2.04. The van der Waals surface area contributed by atoms with Crippen LogP contribution in [0.15, 0.2) is 17.3 Å². The number of nitrogens with two attached hydrogens (primary N) is 1. The van der Waals surface area contributed by atoms with Gasteiger partial charge in [-0.05, 0) is 24.8 Å². The zero-order valence-corrected chi connectivity index (χ0v) is 9.96. The SMILES string of the molecule is N#Cc1ccnc(SCC2CCCC2)c1N. The van der Waals surface area contributed by atoms with E-state index in [1.165, 1.54) is 25.7 Å². The lowest BCUT2D eigenvalue weighted by atomic mass is 10.1. The minimum absolute atomic E-state index is 0.531. The number of nitriles is 1. The van der Waals surface area contributed by atoms with Crippen LogP contribution in [-0.2, 0) is 0 Å². The summed E-state index contributed by atoms with van der Waals surface area (Å²) in [6, 6.07) is 3.75. The first kappa shape index (κ1) is 11.3. The van der Waals surface area contributed by atoms with Gasteiger partial charge in [0.1, 0.15) is 11.1 Å². The molecule has 3 nitrogen and oxygen atoms in total. The Morgan fingerprint density at radius 2 is 2.25 bits per heavy atom. The van der Waals surface area contributed by atoms with Gasteiger partial charge in [0.15, 0.2) is 0 Å². The van der Waals surface area contributed by atoms with E-state index in [0.29, 0.717) is 11.3 Å². The van der Waals surface area contributed by atoms with Gasteiger partial charge in [-0.25, -0.2) is 4.98 Å². The van der Waals surface area contributed by atoms with Gasteiger partial charge in [0.2, 0.25) is 0 Å². The maximum absolute atomic E-state index is 8.86. The topological polar surface area (TPSA) is 62.7 Å². The average Bonchev–Trinajstić information content (AvgIpc) is 2.81. The molecule has 0 saturated heterocycles. The van der Waals surface area contributed by atoms with Crippen LogP contribution in [0, 0.1) is 17.2 Å². The van der Waals surface area contributed by atoms with Crippen molar-refractivity contribution in [3.05, 3.63) is 17.8 Å². The molecular weight excluding hydrogens is 218 g/mol. The number of nitrogen functional groups attached to an aromatic ring is 1. The van der Waals surface area contributed by atoms with Crippen molar-refractivity contribution >= 4 is 17.4 Å². The first-order valence-electron chi connectivity index (χ1n) is 5.58. The van der Waals surface area contributed by atoms with Gasteiger partial charge in [-0.1, -0.05) is 12.8 Å². The molecule has 1 aliphatic carbocycles. The van der Waals surface area contributed by atoms with Crippen molar-refractivity contribution in [2.75, 3.05) is 11.5 Å². The van der Waals surface area contributed by atoms with Crippen LogP contribution in [0.3, 0.4) is 0 Å². The lowest BCUT2D eigenvalue weighted by Crippen LogP contribution is -2.00. The van der Waals surface area contributed by atoms with Gasteiger partial charge >= 0.3 is 0 Å². The Kier molecular flexibility index (Phi) is 3.68. The smallest absolute Gasteiger partial charge is 0.120 e. The highest BCUT2D eigenvalue weighted by Crippen LogP contribution is 2.32. The number of aromatic nitrogens is 1. The monoisotopic (exact) mass is 233 g/mol. The van der Waals surface area contributed by atoms with Crippen molar-refractivity contribution < 1.29 is 0 Å².